The first-order chi connectivity index (χ1) is 25.1. The van der Waals surface area contributed by atoms with Gasteiger partial charge in [0.25, 0.3) is 29.7 Å². The van der Waals surface area contributed by atoms with Crippen molar-refractivity contribution in [2.45, 2.75) is 96.8 Å². The summed E-state index contributed by atoms with van der Waals surface area (Å²) in [5.41, 5.74) is -8.07. The largest absolute Gasteiger partial charge is 0.499 e. The molecule has 1 aromatic rings. The summed E-state index contributed by atoms with van der Waals surface area (Å²) < 4.78 is 312. The molecule has 0 aliphatic rings. The van der Waals surface area contributed by atoms with Crippen LogP contribution in [0.15, 0.2) is 24.3 Å². The van der Waals surface area contributed by atoms with Crippen LogP contribution in [0.4, 0.5) is 61.5 Å². The van der Waals surface area contributed by atoms with Crippen LogP contribution in [-0.2, 0) is 59.3 Å². The van der Waals surface area contributed by atoms with Gasteiger partial charge in [-0.1, -0.05) is 32.9 Å². The van der Waals surface area contributed by atoms with E-state index < -0.39 is 117 Å². The molecule has 0 heterocycles. The maximum atomic E-state index is 14.4. The summed E-state index contributed by atoms with van der Waals surface area (Å²) in [6, 6.07) is 3.37. The van der Waals surface area contributed by atoms with E-state index >= 15 is 0 Å². The van der Waals surface area contributed by atoms with Gasteiger partial charge in [-0.05, 0) is 50.3 Å². The van der Waals surface area contributed by atoms with Crippen molar-refractivity contribution in [3.8, 4) is 5.75 Å². The van der Waals surface area contributed by atoms with Crippen LogP contribution in [0.2, 0.25) is 0 Å². The molecule has 1 aromatic carbocycles. The summed E-state index contributed by atoms with van der Waals surface area (Å²) in [6.07, 6.45) is -10.4. The molecule has 342 valence electrons. The van der Waals surface area contributed by atoms with Crippen LogP contribution < -0.4 is 4.18 Å². The highest BCUT2D eigenvalue weighted by atomic mass is 32.3. The fourth-order valence-corrected chi connectivity index (χ4v) is 12.3. The lowest BCUT2D eigenvalue weighted by Gasteiger charge is -2.32. The number of sulfone groups is 3. The Morgan fingerprint density at radius 2 is 1.12 bits per heavy atom. The molecule has 0 amide bonds. The molecule has 3 unspecified atom stereocenters. The molecular formula is C25H30F14O14S5. The number of ether oxygens (including phenoxy) is 1. The second-order valence-electron chi connectivity index (χ2n) is 12.3. The third-order valence-corrected chi connectivity index (χ3v) is 18.1. The molecule has 3 atom stereocenters. The Kier molecular flexibility index (Phi) is 16.1. The summed E-state index contributed by atoms with van der Waals surface area (Å²) in [7, 11) is -36.5. The standard InChI is InChI=1S/C16H17F9O9S4.C9H13F5O5S/c1-4-9(2)10-5-7-11(8-6-10)34-38(32,33)15(21,22)13(17,18)14(19,20)36(28,29)12(35(3,26)27)37(30,31)16(23,24)25;1-4-7(2,3)6(15)19-5(8(10,11)12)9(13,14)20(16,17)18/h5-9,12H,4H2,1-3H3;5H,4H2,1-3H3,(H,16,17,18). The SMILES string of the molecule is CCC(C)(C)C(=O)OC(C(F)(F)F)C(F)(F)S(=O)(=O)O.CCC(C)c1ccc(OS(=O)(=O)C(F)(F)C(F)(F)C(F)(F)S(=O)(=O)C(S(C)(=O)=O)S(=O)(=O)C(F)(F)F)cc1. The van der Waals surface area contributed by atoms with E-state index in [1.807, 2.05) is 0 Å². The molecule has 0 spiro atoms. The molecule has 0 bridgehead atoms. The van der Waals surface area contributed by atoms with Crippen molar-refractivity contribution in [1.29, 1.82) is 0 Å². The Morgan fingerprint density at radius 3 is 1.43 bits per heavy atom. The van der Waals surface area contributed by atoms with Crippen LogP contribution >= 0.6 is 0 Å². The number of benzene rings is 1. The Hall–Kier alpha value is -2.78. The van der Waals surface area contributed by atoms with E-state index in [0.717, 1.165) is 26.0 Å². The van der Waals surface area contributed by atoms with Crippen molar-refractivity contribution in [1.82, 2.24) is 0 Å². The molecule has 0 fully saturated rings. The van der Waals surface area contributed by atoms with E-state index in [1.54, 1.807) is 13.8 Å². The normalized spacial score (nSPS) is 16.4. The first kappa shape index (κ1) is 55.2. The lowest BCUT2D eigenvalue weighted by atomic mass is 9.90. The predicted octanol–water partition coefficient (Wildman–Crippen LogP) is 5.78. The van der Waals surface area contributed by atoms with Gasteiger partial charge in [-0.15, -0.1) is 0 Å². The van der Waals surface area contributed by atoms with Gasteiger partial charge in [0.2, 0.25) is 0 Å². The molecule has 0 aliphatic heterocycles. The average Bonchev–Trinajstić information content (AvgIpc) is 3.00. The molecule has 0 radical (unpaired) electrons. The fourth-order valence-electron chi connectivity index (χ4n) is 3.50. The van der Waals surface area contributed by atoms with Crippen molar-refractivity contribution in [3.05, 3.63) is 29.8 Å². The zero-order valence-corrected chi connectivity index (χ0v) is 33.6. The molecule has 14 nitrogen and oxygen atoms in total. The van der Waals surface area contributed by atoms with Crippen molar-refractivity contribution in [2.24, 2.45) is 5.41 Å². The number of carbonyl (C=O) groups is 1. The summed E-state index contributed by atoms with van der Waals surface area (Å²) in [6.45, 7) is 7.03. The van der Waals surface area contributed by atoms with E-state index in [2.05, 4.69) is 8.92 Å². The predicted molar refractivity (Wildman–Crippen MR) is 169 cm³/mol. The molecule has 0 saturated heterocycles. The van der Waals surface area contributed by atoms with Gasteiger partial charge in [0, 0.05) is 6.26 Å². The number of rotatable bonds is 16. The highest BCUT2D eigenvalue weighted by Gasteiger charge is 2.85. The van der Waals surface area contributed by atoms with E-state index in [1.165, 1.54) is 6.92 Å². The molecule has 0 aliphatic carbocycles. The number of esters is 1. The van der Waals surface area contributed by atoms with Crippen LogP contribution in [0.5, 0.6) is 5.75 Å². The Balaban J connectivity index is 0.00000137. The summed E-state index contributed by atoms with van der Waals surface area (Å²) in [5, 5.41) is -20.8. The van der Waals surface area contributed by atoms with E-state index in [4.69, 9.17) is 4.55 Å². The van der Waals surface area contributed by atoms with Gasteiger partial charge in [0.1, 0.15) is 5.75 Å². The molecule has 33 heteroatoms. The van der Waals surface area contributed by atoms with Crippen molar-refractivity contribution in [3.63, 3.8) is 0 Å². The van der Waals surface area contributed by atoms with Crippen LogP contribution in [-0.4, -0.2) is 102 Å². The molecule has 1 rings (SSSR count). The number of hydrogen-bond acceptors (Lipinski definition) is 13. The van der Waals surface area contributed by atoms with Gasteiger partial charge in [-0.3, -0.25) is 9.35 Å². The highest BCUT2D eigenvalue weighted by molar-refractivity contribution is 8.24. The van der Waals surface area contributed by atoms with Gasteiger partial charge in [-0.2, -0.15) is 78.3 Å². The fraction of sp³-hybridized carbons (Fsp3) is 0.720. The summed E-state index contributed by atoms with van der Waals surface area (Å²) in [4.78, 5) is 11.4. The molecule has 0 saturated carbocycles. The number of halogens is 14. The quantitative estimate of drug-likeness (QED) is 0.0897. The Labute approximate surface area is 320 Å². The van der Waals surface area contributed by atoms with Gasteiger partial charge >= 0.3 is 59.6 Å². The number of hydrogen-bond donors (Lipinski definition) is 1. The first-order valence-electron chi connectivity index (χ1n) is 14.6. The lowest BCUT2D eigenvalue weighted by Crippen LogP contribution is -2.64. The van der Waals surface area contributed by atoms with Gasteiger partial charge < -0.3 is 8.92 Å². The van der Waals surface area contributed by atoms with Gasteiger partial charge in [0.15, 0.2) is 9.84 Å². The lowest BCUT2D eigenvalue weighted by molar-refractivity contribution is -0.262. The third-order valence-electron chi connectivity index (χ3n) is 7.46. The van der Waals surface area contributed by atoms with E-state index in [-0.39, 0.29) is 12.3 Å². The van der Waals surface area contributed by atoms with E-state index in [0.29, 0.717) is 24.1 Å². The van der Waals surface area contributed by atoms with Crippen molar-refractivity contribution >= 4 is 55.7 Å². The second-order valence-corrected chi connectivity index (χ2v) is 22.5. The minimum Gasteiger partial charge on any atom is -0.444 e. The van der Waals surface area contributed by atoms with Crippen LogP contribution in [0.25, 0.3) is 0 Å². The number of alkyl halides is 14. The minimum atomic E-state index is -8.37. The molecule has 58 heavy (non-hydrogen) atoms. The number of carbonyl (C=O) groups excluding carboxylic acids is 1. The molecular weight excluding hydrogens is 951 g/mol. The zero-order chi connectivity index (χ0) is 47.1. The second kappa shape index (κ2) is 16.9. The summed E-state index contributed by atoms with van der Waals surface area (Å²) >= 11 is 0. The maximum Gasteiger partial charge on any atom is 0.499 e. The Bertz CT molecular complexity index is 2200. The topological polar surface area (TPSA) is 226 Å². The van der Waals surface area contributed by atoms with Crippen LogP contribution in [0.1, 0.15) is 58.9 Å². The molecule has 1 N–H and O–H groups in total. The average molecular weight is 981 g/mol. The maximum absolute atomic E-state index is 14.4. The van der Waals surface area contributed by atoms with Crippen molar-refractivity contribution in [2.75, 3.05) is 6.26 Å². The molecule has 0 aromatic heterocycles. The minimum absolute atomic E-state index is 0.0339. The third kappa shape index (κ3) is 10.9. The first-order valence-corrected chi connectivity index (χ1v) is 22.5. The van der Waals surface area contributed by atoms with Crippen molar-refractivity contribution < 1.29 is 122 Å². The highest BCUT2D eigenvalue weighted by Crippen LogP contribution is 2.53. The van der Waals surface area contributed by atoms with E-state index in [9.17, 15) is 108 Å². The zero-order valence-electron chi connectivity index (χ0n) is 29.5. The van der Waals surface area contributed by atoms with Gasteiger partial charge in [0.05, 0.1) is 5.41 Å². The van der Waals surface area contributed by atoms with Gasteiger partial charge in [-0.25, -0.2) is 25.3 Å². The van der Waals surface area contributed by atoms with Crippen LogP contribution in [0, 0.1) is 5.41 Å². The Morgan fingerprint density at radius 1 is 0.707 bits per heavy atom. The smallest absolute Gasteiger partial charge is 0.444 e. The monoisotopic (exact) mass is 980 g/mol. The van der Waals surface area contributed by atoms with Crippen LogP contribution in [0.3, 0.4) is 0 Å². The summed E-state index contributed by atoms with van der Waals surface area (Å²) in [5.74, 6) is -10.8.